The molecule has 3 heterocycles. The molecule has 1 aliphatic heterocycles. The van der Waals surface area contributed by atoms with Crippen molar-refractivity contribution in [2.75, 3.05) is 48.5 Å². The summed E-state index contributed by atoms with van der Waals surface area (Å²) in [5.74, 6) is 2.12. The van der Waals surface area contributed by atoms with Gasteiger partial charge < -0.3 is 19.4 Å². The molecular formula is C22H24N4O3S. The lowest BCUT2D eigenvalue weighted by atomic mass is 10.2. The number of nitrogens with one attached hydrogen (secondary N) is 1. The van der Waals surface area contributed by atoms with E-state index in [1.54, 1.807) is 18.0 Å². The lowest BCUT2D eigenvalue weighted by Gasteiger charge is -2.27. The van der Waals surface area contributed by atoms with E-state index in [0.717, 1.165) is 30.2 Å². The highest BCUT2D eigenvalue weighted by atomic mass is 32.2. The van der Waals surface area contributed by atoms with Crippen molar-refractivity contribution in [3.63, 3.8) is 0 Å². The maximum absolute atomic E-state index is 12.9. The van der Waals surface area contributed by atoms with E-state index >= 15 is 0 Å². The van der Waals surface area contributed by atoms with E-state index in [1.807, 2.05) is 48.7 Å². The molecule has 156 valence electrons. The molecule has 7 nitrogen and oxygen atoms in total. The number of oxazole rings is 1. The number of aromatic nitrogens is 2. The number of ether oxygens (including phenoxy) is 1. The summed E-state index contributed by atoms with van der Waals surface area (Å²) in [5.41, 5.74) is 2.13. The van der Waals surface area contributed by atoms with Crippen LogP contribution >= 0.6 is 11.8 Å². The molecule has 1 saturated heterocycles. The third-order valence-corrected chi connectivity index (χ3v) is 5.42. The highest BCUT2D eigenvalue weighted by Crippen LogP contribution is 2.24. The van der Waals surface area contributed by atoms with Crippen LogP contribution in [0.15, 0.2) is 53.1 Å². The van der Waals surface area contributed by atoms with Crippen LogP contribution in [0.1, 0.15) is 16.2 Å². The Morgan fingerprint density at radius 3 is 2.67 bits per heavy atom. The van der Waals surface area contributed by atoms with Crippen molar-refractivity contribution in [2.45, 2.75) is 6.42 Å². The normalized spacial score (nSPS) is 14.0. The fourth-order valence-electron chi connectivity index (χ4n) is 3.23. The summed E-state index contributed by atoms with van der Waals surface area (Å²) in [7, 11) is 0. The molecule has 30 heavy (non-hydrogen) atoms. The minimum absolute atomic E-state index is 0.250. The fraction of sp³-hybridized carbons (Fsp3) is 0.318. The maximum atomic E-state index is 12.9. The standard InChI is InChI=1S/C22H24N4O3S/c1-30-14-9-18-20(29-22(25-18)16-5-3-2-4-6-16)21(27)24-17-7-8-19(23-15-17)26-10-12-28-13-11-26/h2-8,15H,9-14H2,1H3,(H,24,27). The Hall–Kier alpha value is -2.84. The first-order valence-electron chi connectivity index (χ1n) is 9.89. The number of thioether (sulfide) groups is 1. The van der Waals surface area contributed by atoms with E-state index in [1.165, 1.54) is 0 Å². The number of carbonyl (C=O) groups is 1. The van der Waals surface area contributed by atoms with Crippen LogP contribution in [-0.4, -0.2) is 54.2 Å². The lowest BCUT2D eigenvalue weighted by molar-refractivity contribution is 0.0996. The summed E-state index contributed by atoms with van der Waals surface area (Å²) in [6, 6.07) is 13.4. The van der Waals surface area contributed by atoms with Gasteiger partial charge in [0.2, 0.25) is 11.7 Å². The van der Waals surface area contributed by atoms with Gasteiger partial charge in [-0.05, 0) is 36.3 Å². The van der Waals surface area contributed by atoms with Crippen LogP contribution in [0, 0.1) is 0 Å². The Balaban J connectivity index is 1.51. The second-order valence-electron chi connectivity index (χ2n) is 6.86. The van der Waals surface area contributed by atoms with Gasteiger partial charge >= 0.3 is 0 Å². The molecule has 8 heteroatoms. The average molecular weight is 425 g/mol. The van der Waals surface area contributed by atoms with E-state index < -0.39 is 0 Å². The molecule has 2 aromatic heterocycles. The predicted molar refractivity (Wildman–Crippen MR) is 119 cm³/mol. The van der Waals surface area contributed by atoms with Gasteiger partial charge in [0, 0.05) is 25.1 Å². The van der Waals surface area contributed by atoms with Crippen LogP contribution in [0.4, 0.5) is 11.5 Å². The second-order valence-corrected chi connectivity index (χ2v) is 7.85. The zero-order valence-electron chi connectivity index (χ0n) is 16.8. The highest BCUT2D eigenvalue weighted by molar-refractivity contribution is 7.98. The van der Waals surface area contributed by atoms with Gasteiger partial charge in [0.05, 0.1) is 30.8 Å². The minimum atomic E-state index is -0.318. The number of hydrogen-bond acceptors (Lipinski definition) is 7. The van der Waals surface area contributed by atoms with Crippen molar-refractivity contribution in [1.29, 1.82) is 0 Å². The summed E-state index contributed by atoms with van der Waals surface area (Å²) < 4.78 is 11.3. The number of nitrogens with zero attached hydrogens (tertiary/aromatic N) is 3. The fourth-order valence-corrected chi connectivity index (χ4v) is 3.63. The smallest absolute Gasteiger partial charge is 0.293 e. The van der Waals surface area contributed by atoms with Crippen molar-refractivity contribution in [1.82, 2.24) is 9.97 Å². The molecule has 0 bridgehead atoms. The van der Waals surface area contributed by atoms with Crippen LogP contribution in [0.5, 0.6) is 0 Å². The number of morpholine rings is 1. The van der Waals surface area contributed by atoms with Gasteiger partial charge in [0.1, 0.15) is 5.82 Å². The predicted octanol–water partition coefficient (Wildman–Crippen LogP) is 3.73. The Morgan fingerprint density at radius 1 is 1.17 bits per heavy atom. The third kappa shape index (κ3) is 4.83. The molecule has 1 N–H and O–H groups in total. The molecule has 0 saturated carbocycles. The summed E-state index contributed by atoms with van der Waals surface area (Å²) in [4.78, 5) is 24.1. The van der Waals surface area contributed by atoms with E-state index in [9.17, 15) is 4.79 Å². The Bertz CT molecular complexity index is 970. The van der Waals surface area contributed by atoms with Crippen molar-refractivity contribution in [3.8, 4) is 11.5 Å². The number of anilines is 2. The minimum Gasteiger partial charge on any atom is -0.431 e. The van der Waals surface area contributed by atoms with Crippen molar-refractivity contribution in [2.24, 2.45) is 0 Å². The van der Waals surface area contributed by atoms with Crippen molar-refractivity contribution in [3.05, 3.63) is 60.1 Å². The first-order chi connectivity index (χ1) is 14.7. The topological polar surface area (TPSA) is 80.5 Å². The van der Waals surface area contributed by atoms with Gasteiger partial charge in [0.25, 0.3) is 5.91 Å². The number of carbonyl (C=O) groups excluding carboxylic acids is 1. The van der Waals surface area contributed by atoms with Crippen molar-refractivity contribution < 1.29 is 13.9 Å². The first-order valence-corrected chi connectivity index (χ1v) is 11.3. The summed E-state index contributed by atoms with van der Waals surface area (Å²) in [5, 5.41) is 2.88. The van der Waals surface area contributed by atoms with Crippen LogP contribution in [0.3, 0.4) is 0 Å². The van der Waals surface area contributed by atoms with Crippen LogP contribution < -0.4 is 10.2 Å². The molecule has 1 aromatic carbocycles. The Morgan fingerprint density at radius 2 is 1.97 bits per heavy atom. The molecular weight excluding hydrogens is 400 g/mol. The van der Waals surface area contributed by atoms with E-state index in [4.69, 9.17) is 9.15 Å². The zero-order chi connectivity index (χ0) is 20.8. The van der Waals surface area contributed by atoms with Gasteiger partial charge in [0.15, 0.2) is 0 Å². The van der Waals surface area contributed by atoms with Gasteiger partial charge in [-0.3, -0.25) is 4.79 Å². The maximum Gasteiger partial charge on any atom is 0.293 e. The molecule has 0 atom stereocenters. The Labute approximate surface area is 179 Å². The first kappa shape index (κ1) is 20.4. The number of aryl methyl sites for hydroxylation is 1. The molecule has 1 aliphatic rings. The monoisotopic (exact) mass is 424 g/mol. The number of benzene rings is 1. The van der Waals surface area contributed by atoms with Crippen LogP contribution in [0.25, 0.3) is 11.5 Å². The number of hydrogen-bond donors (Lipinski definition) is 1. The number of rotatable bonds is 7. The van der Waals surface area contributed by atoms with Crippen molar-refractivity contribution >= 4 is 29.2 Å². The molecule has 3 aromatic rings. The van der Waals surface area contributed by atoms with Crippen LogP contribution in [0.2, 0.25) is 0 Å². The number of pyridine rings is 1. The SMILES string of the molecule is CSCCc1nc(-c2ccccc2)oc1C(=O)Nc1ccc(N2CCOCC2)nc1. The second kappa shape index (κ2) is 9.77. The van der Waals surface area contributed by atoms with E-state index in [0.29, 0.717) is 36.9 Å². The zero-order valence-corrected chi connectivity index (χ0v) is 17.7. The van der Waals surface area contributed by atoms with Gasteiger partial charge in [-0.1, -0.05) is 18.2 Å². The van der Waals surface area contributed by atoms with Gasteiger partial charge in [-0.15, -0.1) is 0 Å². The highest BCUT2D eigenvalue weighted by Gasteiger charge is 2.21. The molecule has 1 amide bonds. The third-order valence-electron chi connectivity index (χ3n) is 4.81. The molecule has 1 fully saturated rings. The Kier molecular flexibility index (Phi) is 6.66. The molecule has 4 rings (SSSR count). The molecule has 0 radical (unpaired) electrons. The molecule has 0 aliphatic carbocycles. The summed E-state index contributed by atoms with van der Waals surface area (Å²) in [6.07, 6.45) is 4.35. The summed E-state index contributed by atoms with van der Waals surface area (Å²) >= 11 is 1.70. The molecule has 0 spiro atoms. The molecule has 0 unspecified atom stereocenters. The number of amides is 1. The lowest BCUT2D eigenvalue weighted by Crippen LogP contribution is -2.36. The van der Waals surface area contributed by atoms with Gasteiger partial charge in [-0.25, -0.2) is 9.97 Å². The van der Waals surface area contributed by atoms with Gasteiger partial charge in [-0.2, -0.15) is 11.8 Å². The quantitative estimate of drug-likeness (QED) is 0.619. The summed E-state index contributed by atoms with van der Waals surface area (Å²) in [6.45, 7) is 3.04. The van der Waals surface area contributed by atoms with E-state index in [-0.39, 0.29) is 11.7 Å². The van der Waals surface area contributed by atoms with E-state index in [2.05, 4.69) is 20.2 Å². The average Bonchev–Trinajstić information content (AvgIpc) is 3.24. The van der Waals surface area contributed by atoms with Crippen LogP contribution in [-0.2, 0) is 11.2 Å². The largest absolute Gasteiger partial charge is 0.431 e.